The standard InChI is InChI=1S/C23H34N4O/c1-19(22(28)25-23(18-24)13-7-3-8-14-23)26(2)17-20-11-5-6-12-21(20)27-15-9-4-10-16-27/h5-6,11-12,19H,3-4,7-10,13-17H2,1-2H3,(H,25,28). The lowest BCUT2D eigenvalue weighted by Crippen LogP contribution is -2.54. The van der Waals surface area contributed by atoms with Gasteiger partial charge >= 0.3 is 0 Å². The molecule has 1 atom stereocenters. The van der Waals surface area contributed by atoms with Crippen LogP contribution in [0, 0.1) is 11.3 Å². The number of rotatable bonds is 6. The van der Waals surface area contributed by atoms with Crippen molar-refractivity contribution in [3.63, 3.8) is 0 Å². The third-order valence-electron chi connectivity index (χ3n) is 6.43. The van der Waals surface area contributed by atoms with Gasteiger partial charge in [-0.15, -0.1) is 0 Å². The largest absolute Gasteiger partial charge is 0.371 e. The third-order valence-corrected chi connectivity index (χ3v) is 6.43. The van der Waals surface area contributed by atoms with E-state index in [1.807, 2.05) is 14.0 Å². The Hall–Kier alpha value is -2.06. The summed E-state index contributed by atoms with van der Waals surface area (Å²) in [7, 11) is 2.00. The molecule has 152 valence electrons. The second-order valence-corrected chi connectivity index (χ2v) is 8.51. The minimum Gasteiger partial charge on any atom is -0.371 e. The number of para-hydroxylation sites is 1. The van der Waals surface area contributed by atoms with Crippen LogP contribution in [0.4, 0.5) is 5.69 Å². The molecular formula is C23H34N4O. The summed E-state index contributed by atoms with van der Waals surface area (Å²) in [5.41, 5.74) is 1.89. The van der Waals surface area contributed by atoms with Gasteiger partial charge in [-0.2, -0.15) is 5.26 Å². The molecule has 1 saturated carbocycles. The molecule has 1 amide bonds. The number of hydrogen-bond acceptors (Lipinski definition) is 4. The summed E-state index contributed by atoms with van der Waals surface area (Å²) in [6.45, 7) is 4.89. The first-order valence-corrected chi connectivity index (χ1v) is 10.8. The van der Waals surface area contributed by atoms with Crippen molar-refractivity contribution in [1.29, 1.82) is 5.26 Å². The van der Waals surface area contributed by atoms with Crippen LogP contribution >= 0.6 is 0 Å². The summed E-state index contributed by atoms with van der Waals surface area (Å²) in [4.78, 5) is 17.4. The molecule has 1 aromatic carbocycles. The van der Waals surface area contributed by atoms with Crippen LogP contribution in [0.15, 0.2) is 24.3 Å². The summed E-state index contributed by atoms with van der Waals surface area (Å²) < 4.78 is 0. The van der Waals surface area contributed by atoms with Gasteiger partial charge in [0.25, 0.3) is 0 Å². The summed E-state index contributed by atoms with van der Waals surface area (Å²) in [5, 5.41) is 12.7. The second-order valence-electron chi connectivity index (χ2n) is 8.51. The Bertz CT molecular complexity index is 699. The van der Waals surface area contributed by atoms with Gasteiger partial charge in [-0.05, 0) is 57.7 Å². The third kappa shape index (κ3) is 4.86. The van der Waals surface area contributed by atoms with Gasteiger partial charge < -0.3 is 10.2 Å². The highest BCUT2D eigenvalue weighted by atomic mass is 16.2. The average molecular weight is 383 g/mol. The molecule has 28 heavy (non-hydrogen) atoms. The quantitative estimate of drug-likeness (QED) is 0.812. The van der Waals surface area contributed by atoms with E-state index >= 15 is 0 Å². The zero-order chi connectivity index (χ0) is 20.0. The van der Waals surface area contributed by atoms with Crippen LogP contribution < -0.4 is 10.2 Å². The molecule has 0 radical (unpaired) electrons. The SMILES string of the molecule is CC(C(=O)NC1(C#N)CCCCC1)N(C)Cc1ccccc1N1CCCCC1. The summed E-state index contributed by atoms with van der Waals surface area (Å²) >= 11 is 0. The molecule has 1 aromatic rings. The fourth-order valence-electron chi connectivity index (χ4n) is 4.45. The molecule has 0 bridgehead atoms. The topological polar surface area (TPSA) is 59.4 Å². The number of nitrogens with zero attached hydrogens (tertiary/aromatic N) is 3. The molecule has 0 spiro atoms. The number of amides is 1. The smallest absolute Gasteiger partial charge is 0.238 e. The summed E-state index contributed by atoms with van der Waals surface area (Å²) in [5.74, 6) is -0.0404. The molecule has 1 N–H and O–H groups in total. The molecular weight excluding hydrogens is 348 g/mol. The van der Waals surface area contributed by atoms with Crippen molar-refractivity contribution >= 4 is 11.6 Å². The van der Waals surface area contributed by atoms with Crippen molar-refractivity contribution in [2.45, 2.75) is 76.4 Å². The number of carbonyl (C=O) groups is 1. The Morgan fingerprint density at radius 3 is 2.50 bits per heavy atom. The maximum absolute atomic E-state index is 12.9. The van der Waals surface area contributed by atoms with E-state index in [0.717, 1.165) is 51.7 Å². The minimum atomic E-state index is -0.670. The maximum Gasteiger partial charge on any atom is 0.238 e. The predicted molar refractivity (Wildman–Crippen MR) is 113 cm³/mol. The van der Waals surface area contributed by atoms with Gasteiger partial charge in [-0.3, -0.25) is 9.69 Å². The van der Waals surface area contributed by atoms with Crippen LogP contribution in [0.1, 0.15) is 63.9 Å². The van der Waals surface area contributed by atoms with Crippen molar-refractivity contribution in [3.8, 4) is 6.07 Å². The molecule has 1 saturated heterocycles. The zero-order valence-corrected chi connectivity index (χ0v) is 17.4. The fraction of sp³-hybridized carbons (Fsp3) is 0.652. The average Bonchev–Trinajstić information content (AvgIpc) is 2.74. The molecule has 3 rings (SSSR count). The number of anilines is 1. The van der Waals surface area contributed by atoms with Crippen molar-refractivity contribution < 1.29 is 4.79 Å². The highest BCUT2D eigenvalue weighted by Gasteiger charge is 2.35. The Kier molecular flexibility index (Phi) is 6.96. The van der Waals surface area contributed by atoms with Gasteiger partial charge in [0.2, 0.25) is 5.91 Å². The molecule has 1 heterocycles. The zero-order valence-electron chi connectivity index (χ0n) is 17.4. The van der Waals surface area contributed by atoms with Crippen molar-refractivity contribution in [3.05, 3.63) is 29.8 Å². The molecule has 1 aliphatic heterocycles. The Labute approximate surface area is 169 Å². The fourth-order valence-corrected chi connectivity index (χ4v) is 4.45. The van der Waals surface area contributed by atoms with Gasteiger partial charge in [-0.1, -0.05) is 37.5 Å². The lowest BCUT2D eigenvalue weighted by atomic mass is 9.82. The molecule has 5 nitrogen and oxygen atoms in total. The molecule has 1 aliphatic carbocycles. The van der Waals surface area contributed by atoms with Gasteiger partial charge in [0, 0.05) is 25.3 Å². The highest BCUT2D eigenvalue weighted by Crippen LogP contribution is 2.28. The normalized spacial score (nSPS) is 20.4. The number of nitrogens with one attached hydrogen (secondary N) is 1. The van der Waals surface area contributed by atoms with E-state index in [0.29, 0.717) is 0 Å². The number of likely N-dealkylation sites (N-methyl/N-ethyl adjacent to an activating group) is 1. The molecule has 0 aromatic heterocycles. The molecule has 1 unspecified atom stereocenters. The van der Waals surface area contributed by atoms with Crippen LogP contribution in [0.3, 0.4) is 0 Å². The second kappa shape index (κ2) is 9.43. The van der Waals surface area contributed by atoms with E-state index in [9.17, 15) is 10.1 Å². The van der Waals surface area contributed by atoms with Crippen molar-refractivity contribution in [1.82, 2.24) is 10.2 Å². The summed E-state index contributed by atoms with van der Waals surface area (Å²) in [6.07, 6.45) is 8.53. The van der Waals surface area contributed by atoms with E-state index in [2.05, 4.69) is 45.5 Å². The number of carbonyl (C=O) groups excluding carboxylic acids is 1. The van der Waals surface area contributed by atoms with Crippen LogP contribution in [0.25, 0.3) is 0 Å². The van der Waals surface area contributed by atoms with Gasteiger partial charge in [0.05, 0.1) is 12.1 Å². The Balaban J connectivity index is 1.65. The van der Waals surface area contributed by atoms with Gasteiger partial charge in [0.1, 0.15) is 5.54 Å². The highest BCUT2D eigenvalue weighted by molar-refractivity contribution is 5.82. The van der Waals surface area contributed by atoms with E-state index < -0.39 is 5.54 Å². The molecule has 2 fully saturated rings. The van der Waals surface area contributed by atoms with Gasteiger partial charge in [-0.25, -0.2) is 0 Å². The maximum atomic E-state index is 12.9. The number of nitriles is 1. The Morgan fingerprint density at radius 1 is 1.18 bits per heavy atom. The molecule has 5 heteroatoms. The van der Waals surface area contributed by atoms with E-state index in [4.69, 9.17) is 0 Å². The van der Waals surface area contributed by atoms with Crippen LogP contribution in [0.5, 0.6) is 0 Å². The van der Waals surface area contributed by atoms with Crippen molar-refractivity contribution in [2.24, 2.45) is 0 Å². The van der Waals surface area contributed by atoms with Crippen LogP contribution in [0.2, 0.25) is 0 Å². The lowest BCUT2D eigenvalue weighted by molar-refractivity contribution is -0.127. The predicted octanol–water partition coefficient (Wildman–Crippen LogP) is 3.84. The number of hydrogen-bond donors (Lipinski definition) is 1. The van der Waals surface area contributed by atoms with E-state index in [1.165, 1.54) is 30.5 Å². The molecule has 2 aliphatic rings. The number of benzene rings is 1. The Morgan fingerprint density at radius 2 is 1.82 bits per heavy atom. The first-order valence-electron chi connectivity index (χ1n) is 10.8. The van der Waals surface area contributed by atoms with E-state index in [-0.39, 0.29) is 11.9 Å². The van der Waals surface area contributed by atoms with Gasteiger partial charge in [0.15, 0.2) is 0 Å². The van der Waals surface area contributed by atoms with Crippen LogP contribution in [-0.4, -0.2) is 42.5 Å². The first kappa shape index (κ1) is 20.7. The minimum absolute atomic E-state index is 0.0404. The van der Waals surface area contributed by atoms with Crippen molar-refractivity contribution in [2.75, 3.05) is 25.0 Å². The number of piperidine rings is 1. The summed E-state index contributed by atoms with van der Waals surface area (Å²) in [6, 6.07) is 10.7. The monoisotopic (exact) mass is 382 g/mol. The lowest BCUT2D eigenvalue weighted by Gasteiger charge is -2.35. The van der Waals surface area contributed by atoms with E-state index in [1.54, 1.807) is 0 Å². The first-order chi connectivity index (χ1) is 13.5. The van der Waals surface area contributed by atoms with Crippen LogP contribution in [-0.2, 0) is 11.3 Å².